The molecule has 4 aliphatic rings. The summed E-state index contributed by atoms with van der Waals surface area (Å²) in [6.07, 6.45) is 5.42. The van der Waals surface area contributed by atoms with Crippen molar-refractivity contribution in [2.45, 2.75) is 12.2 Å². The first kappa shape index (κ1) is 7.19. The van der Waals surface area contributed by atoms with Crippen molar-refractivity contribution >= 4 is 0 Å². The molecule has 2 nitrogen and oxygen atoms in total. The highest BCUT2D eigenvalue weighted by Gasteiger charge is 2.79. The summed E-state index contributed by atoms with van der Waals surface area (Å²) in [6, 6.07) is 2.34. The van der Waals surface area contributed by atoms with Gasteiger partial charge in [0.15, 0.2) is 0 Å². The Kier molecular flexibility index (Phi) is 0.926. The van der Waals surface area contributed by atoms with Crippen LogP contribution in [0.4, 0.5) is 4.39 Å². The van der Waals surface area contributed by atoms with Crippen LogP contribution in [0, 0.1) is 34.5 Å². The van der Waals surface area contributed by atoms with Crippen molar-refractivity contribution < 1.29 is 9.13 Å². The highest BCUT2D eigenvalue weighted by Crippen LogP contribution is 2.75. The Labute approximate surface area is 80.7 Å². The third-order valence-corrected chi connectivity index (χ3v) is 4.21. The largest absolute Gasteiger partial charge is 0.366 e. The van der Waals surface area contributed by atoms with Crippen LogP contribution in [-0.4, -0.2) is 12.2 Å². The van der Waals surface area contributed by atoms with E-state index in [1.165, 1.54) is 0 Å². The minimum Gasteiger partial charge on any atom is -0.366 e. The lowest BCUT2D eigenvalue weighted by Crippen LogP contribution is -2.36. The van der Waals surface area contributed by atoms with Gasteiger partial charge in [0.05, 0.1) is 29.6 Å². The molecule has 0 amide bonds. The Morgan fingerprint density at radius 1 is 1.43 bits per heavy atom. The molecule has 0 aromatic carbocycles. The molecule has 70 valence electrons. The summed E-state index contributed by atoms with van der Waals surface area (Å²) in [4.78, 5) is 0. The molecule has 4 rings (SSSR count). The maximum absolute atomic E-state index is 13.6. The molecule has 0 N–H and O–H groups in total. The van der Waals surface area contributed by atoms with Gasteiger partial charge in [-0.1, -0.05) is 12.2 Å². The van der Waals surface area contributed by atoms with Crippen molar-refractivity contribution in [2.24, 2.45) is 23.2 Å². The number of nitrogens with zero attached hydrogens (tertiary/aromatic N) is 1. The molecule has 2 heterocycles. The zero-order valence-corrected chi connectivity index (χ0v) is 7.35. The van der Waals surface area contributed by atoms with E-state index in [1.54, 1.807) is 6.08 Å². The zero-order valence-electron chi connectivity index (χ0n) is 7.35. The molecule has 1 saturated carbocycles. The van der Waals surface area contributed by atoms with Crippen LogP contribution in [-0.2, 0) is 4.74 Å². The molecule has 0 aromatic heterocycles. The predicted molar refractivity (Wildman–Crippen MR) is 45.5 cm³/mol. The van der Waals surface area contributed by atoms with Gasteiger partial charge in [0.25, 0.3) is 0 Å². The standard InChI is InChI=1S/C11H8FNO/c12-6-3-5-9-7-1-2-8(14-7)10(6)11(5,9)4-13/h1-3,5,7-10H/t5?,7?,8-,9?,10?,11+/m0/s1. The Hall–Kier alpha value is -1.14. The van der Waals surface area contributed by atoms with Crippen molar-refractivity contribution in [3.05, 3.63) is 24.1 Å². The molecular weight excluding hydrogens is 181 g/mol. The predicted octanol–water partition coefficient (Wildman–Crippen LogP) is 1.56. The van der Waals surface area contributed by atoms with Crippen LogP contribution in [0.3, 0.4) is 0 Å². The maximum Gasteiger partial charge on any atom is 0.104 e. The van der Waals surface area contributed by atoms with Gasteiger partial charge < -0.3 is 4.74 Å². The quantitative estimate of drug-likeness (QED) is 0.542. The number of hydrogen-bond acceptors (Lipinski definition) is 2. The fourth-order valence-corrected chi connectivity index (χ4v) is 3.63. The van der Waals surface area contributed by atoms with Gasteiger partial charge in [-0.05, 0) is 6.08 Å². The van der Waals surface area contributed by atoms with Crippen LogP contribution in [0.2, 0.25) is 0 Å². The fraction of sp³-hybridized carbons (Fsp3) is 0.545. The van der Waals surface area contributed by atoms with E-state index in [2.05, 4.69) is 6.07 Å². The van der Waals surface area contributed by atoms with Crippen molar-refractivity contribution in [1.82, 2.24) is 0 Å². The van der Waals surface area contributed by atoms with Crippen molar-refractivity contribution in [1.29, 1.82) is 5.26 Å². The minimum atomic E-state index is -0.457. The first-order chi connectivity index (χ1) is 6.79. The van der Waals surface area contributed by atoms with Gasteiger partial charge >= 0.3 is 0 Å². The fourth-order valence-electron chi connectivity index (χ4n) is 3.63. The molecule has 4 unspecified atom stereocenters. The lowest BCUT2D eigenvalue weighted by molar-refractivity contribution is -0.0343. The summed E-state index contributed by atoms with van der Waals surface area (Å²) in [6.45, 7) is 0. The van der Waals surface area contributed by atoms with Crippen molar-refractivity contribution in [3.63, 3.8) is 0 Å². The summed E-state index contributed by atoms with van der Waals surface area (Å²) in [7, 11) is 0. The minimum absolute atomic E-state index is 0.0604. The van der Waals surface area contributed by atoms with Gasteiger partial charge in [-0.15, -0.1) is 0 Å². The monoisotopic (exact) mass is 189 g/mol. The zero-order chi connectivity index (χ0) is 9.50. The summed E-state index contributed by atoms with van der Waals surface area (Å²) in [5.74, 6) is -0.134. The summed E-state index contributed by atoms with van der Waals surface area (Å²) in [5.41, 5.74) is -0.457. The number of hydrogen-bond donors (Lipinski definition) is 0. The van der Waals surface area contributed by atoms with E-state index in [4.69, 9.17) is 4.74 Å². The molecule has 6 atom stereocenters. The van der Waals surface area contributed by atoms with Crippen LogP contribution < -0.4 is 0 Å². The molecule has 0 aromatic rings. The first-order valence-corrected chi connectivity index (χ1v) is 4.91. The normalized spacial score (nSPS) is 60.6. The van der Waals surface area contributed by atoms with Crippen molar-refractivity contribution in [3.8, 4) is 6.07 Å². The topological polar surface area (TPSA) is 33.0 Å². The molecule has 2 aliphatic heterocycles. The average molecular weight is 189 g/mol. The van der Waals surface area contributed by atoms with Crippen LogP contribution in [0.5, 0.6) is 0 Å². The molecule has 2 aliphatic carbocycles. The molecule has 1 saturated heterocycles. The Morgan fingerprint density at radius 2 is 2.21 bits per heavy atom. The van der Waals surface area contributed by atoms with E-state index in [1.807, 2.05) is 12.2 Å². The Morgan fingerprint density at radius 3 is 3.00 bits per heavy atom. The van der Waals surface area contributed by atoms with Crippen molar-refractivity contribution in [2.75, 3.05) is 0 Å². The summed E-state index contributed by atoms with van der Waals surface area (Å²) < 4.78 is 19.2. The number of fused-ring (bicyclic) bond motifs is 5. The van der Waals surface area contributed by atoms with Gasteiger partial charge in [-0.3, -0.25) is 0 Å². The molecular formula is C11H8FNO. The summed E-state index contributed by atoms with van der Waals surface area (Å²) >= 11 is 0. The molecule has 2 fully saturated rings. The Balaban J connectivity index is 1.94. The van der Waals surface area contributed by atoms with Gasteiger partial charge in [0.1, 0.15) is 5.83 Å². The highest BCUT2D eigenvalue weighted by molar-refractivity contribution is 5.46. The number of nitriles is 1. The summed E-state index contributed by atoms with van der Waals surface area (Å²) in [5, 5.41) is 9.22. The number of ether oxygens (including phenoxy) is 1. The molecule has 2 bridgehead atoms. The van der Waals surface area contributed by atoms with Crippen LogP contribution in [0.25, 0.3) is 0 Å². The lowest BCUT2D eigenvalue weighted by atomic mass is 9.83. The van der Waals surface area contributed by atoms with Crippen LogP contribution >= 0.6 is 0 Å². The molecule has 3 heteroatoms. The van der Waals surface area contributed by atoms with Gasteiger partial charge in [0.2, 0.25) is 0 Å². The number of halogens is 1. The second-order valence-corrected chi connectivity index (χ2v) is 4.58. The maximum atomic E-state index is 13.6. The van der Waals surface area contributed by atoms with Crippen LogP contribution in [0.15, 0.2) is 24.1 Å². The number of allylic oxidation sites excluding steroid dienone is 1. The third-order valence-electron chi connectivity index (χ3n) is 4.21. The van der Waals surface area contributed by atoms with E-state index in [-0.39, 0.29) is 35.8 Å². The third kappa shape index (κ3) is 0.481. The van der Waals surface area contributed by atoms with Crippen LogP contribution in [0.1, 0.15) is 0 Å². The average Bonchev–Trinajstić information content (AvgIpc) is 2.55. The number of rotatable bonds is 0. The molecule has 0 radical (unpaired) electrons. The molecule has 0 spiro atoms. The highest BCUT2D eigenvalue weighted by atomic mass is 19.1. The second-order valence-electron chi connectivity index (χ2n) is 4.58. The van der Waals surface area contributed by atoms with E-state index in [0.29, 0.717) is 0 Å². The molecule has 14 heavy (non-hydrogen) atoms. The SMILES string of the molecule is N#C[C@]12C3C=C(F)C1[C@@H]1C=CC(O1)C32. The Bertz CT molecular complexity index is 435. The lowest BCUT2D eigenvalue weighted by Gasteiger charge is -2.31. The van der Waals surface area contributed by atoms with Gasteiger partial charge in [-0.2, -0.15) is 5.26 Å². The second kappa shape index (κ2) is 1.80. The van der Waals surface area contributed by atoms with Gasteiger partial charge in [-0.25, -0.2) is 4.39 Å². The smallest absolute Gasteiger partial charge is 0.104 e. The first-order valence-electron chi connectivity index (χ1n) is 4.91. The van der Waals surface area contributed by atoms with E-state index in [9.17, 15) is 9.65 Å². The van der Waals surface area contributed by atoms with E-state index >= 15 is 0 Å². The van der Waals surface area contributed by atoms with E-state index in [0.717, 1.165) is 0 Å². The van der Waals surface area contributed by atoms with Gasteiger partial charge in [0, 0.05) is 11.8 Å². The van der Waals surface area contributed by atoms with E-state index < -0.39 is 5.41 Å².